The lowest BCUT2D eigenvalue weighted by molar-refractivity contribution is -0.128. The Hall–Kier alpha value is -1.81. The van der Waals surface area contributed by atoms with Gasteiger partial charge in [-0.1, -0.05) is 35.0 Å². The summed E-state index contributed by atoms with van der Waals surface area (Å²) >= 11 is 3.38. The first-order chi connectivity index (χ1) is 10.4. The van der Waals surface area contributed by atoms with E-state index in [9.17, 15) is 4.79 Å². The van der Waals surface area contributed by atoms with Gasteiger partial charge >= 0.3 is 0 Å². The SMILES string of the molecule is CCc1ccc(NC(=O)C(C)(C)Oc2ccc(Br)cc2)cc1. The Kier molecular flexibility index (Phi) is 5.24. The summed E-state index contributed by atoms with van der Waals surface area (Å²) < 4.78 is 6.77. The Morgan fingerprint density at radius 2 is 1.68 bits per heavy atom. The minimum absolute atomic E-state index is 0.181. The molecule has 4 heteroatoms. The van der Waals surface area contributed by atoms with Crippen molar-refractivity contribution in [2.24, 2.45) is 0 Å². The topological polar surface area (TPSA) is 38.3 Å². The van der Waals surface area contributed by atoms with Crippen LogP contribution in [0.5, 0.6) is 5.75 Å². The van der Waals surface area contributed by atoms with Crippen molar-refractivity contribution < 1.29 is 9.53 Å². The molecule has 0 heterocycles. The van der Waals surface area contributed by atoms with Gasteiger partial charge in [0.1, 0.15) is 5.75 Å². The third kappa shape index (κ3) is 4.34. The van der Waals surface area contributed by atoms with Crippen LogP contribution in [0.3, 0.4) is 0 Å². The van der Waals surface area contributed by atoms with Crippen LogP contribution in [0.15, 0.2) is 53.0 Å². The molecule has 1 amide bonds. The maximum Gasteiger partial charge on any atom is 0.267 e. The molecule has 2 aromatic rings. The van der Waals surface area contributed by atoms with Crippen LogP contribution in [0.25, 0.3) is 0 Å². The highest BCUT2D eigenvalue weighted by Crippen LogP contribution is 2.22. The smallest absolute Gasteiger partial charge is 0.267 e. The molecule has 2 rings (SSSR count). The van der Waals surface area contributed by atoms with Crippen molar-refractivity contribution in [1.82, 2.24) is 0 Å². The van der Waals surface area contributed by atoms with Crippen LogP contribution >= 0.6 is 15.9 Å². The third-order valence-corrected chi connectivity index (χ3v) is 3.88. The lowest BCUT2D eigenvalue weighted by Crippen LogP contribution is -2.42. The number of hydrogen-bond acceptors (Lipinski definition) is 2. The van der Waals surface area contributed by atoms with E-state index < -0.39 is 5.60 Å². The Morgan fingerprint density at radius 1 is 1.09 bits per heavy atom. The lowest BCUT2D eigenvalue weighted by atomic mass is 10.1. The maximum atomic E-state index is 12.4. The van der Waals surface area contributed by atoms with E-state index in [1.54, 1.807) is 13.8 Å². The summed E-state index contributed by atoms with van der Waals surface area (Å²) in [6, 6.07) is 15.3. The van der Waals surface area contributed by atoms with E-state index in [2.05, 4.69) is 28.2 Å². The third-order valence-electron chi connectivity index (χ3n) is 3.35. The first-order valence-corrected chi connectivity index (χ1v) is 8.05. The highest BCUT2D eigenvalue weighted by Gasteiger charge is 2.30. The van der Waals surface area contributed by atoms with E-state index in [1.165, 1.54) is 5.56 Å². The summed E-state index contributed by atoms with van der Waals surface area (Å²) in [7, 11) is 0. The zero-order valence-corrected chi connectivity index (χ0v) is 14.6. The Bertz CT molecular complexity index is 633. The second kappa shape index (κ2) is 6.97. The Balaban J connectivity index is 2.04. The predicted octanol–water partition coefficient (Wildman–Crippen LogP) is 4.81. The molecule has 3 nitrogen and oxygen atoms in total. The van der Waals surface area contributed by atoms with Gasteiger partial charge in [-0.3, -0.25) is 4.79 Å². The molecule has 0 aromatic heterocycles. The first-order valence-electron chi connectivity index (χ1n) is 7.25. The number of hydrogen-bond donors (Lipinski definition) is 1. The van der Waals surface area contributed by atoms with Crippen LogP contribution in [-0.2, 0) is 11.2 Å². The van der Waals surface area contributed by atoms with Gasteiger partial charge < -0.3 is 10.1 Å². The molecule has 0 atom stereocenters. The molecule has 0 aliphatic rings. The molecule has 2 aromatic carbocycles. The molecular formula is C18H20BrNO2. The molecule has 22 heavy (non-hydrogen) atoms. The summed E-state index contributed by atoms with van der Waals surface area (Å²) in [6.45, 7) is 5.61. The molecule has 0 unspecified atom stereocenters. The van der Waals surface area contributed by atoms with Gasteiger partial charge in [0.15, 0.2) is 5.60 Å². The van der Waals surface area contributed by atoms with Crippen molar-refractivity contribution in [2.75, 3.05) is 5.32 Å². The zero-order chi connectivity index (χ0) is 16.2. The largest absolute Gasteiger partial charge is 0.478 e. The summed E-state index contributed by atoms with van der Waals surface area (Å²) in [5, 5.41) is 2.89. The number of carbonyl (C=O) groups excluding carboxylic acids is 1. The molecular weight excluding hydrogens is 342 g/mol. The Morgan fingerprint density at radius 3 is 2.23 bits per heavy atom. The summed E-state index contributed by atoms with van der Waals surface area (Å²) in [5.41, 5.74) is 1.05. The van der Waals surface area contributed by atoms with E-state index in [4.69, 9.17) is 4.74 Å². The van der Waals surface area contributed by atoms with E-state index in [0.717, 1.165) is 16.6 Å². The fraction of sp³-hybridized carbons (Fsp3) is 0.278. The van der Waals surface area contributed by atoms with Gasteiger partial charge in [0, 0.05) is 10.2 Å². The fourth-order valence-electron chi connectivity index (χ4n) is 1.95. The van der Waals surface area contributed by atoms with Crippen molar-refractivity contribution in [1.29, 1.82) is 0 Å². The average molecular weight is 362 g/mol. The number of benzene rings is 2. The molecule has 0 radical (unpaired) electrons. The highest BCUT2D eigenvalue weighted by atomic mass is 79.9. The van der Waals surface area contributed by atoms with Crippen molar-refractivity contribution in [3.8, 4) is 5.75 Å². The number of halogens is 1. The van der Waals surface area contributed by atoms with E-state index in [0.29, 0.717) is 5.75 Å². The standard InChI is InChI=1S/C18H20BrNO2/c1-4-13-5-9-15(10-6-13)20-17(21)18(2,3)22-16-11-7-14(19)8-12-16/h5-12H,4H2,1-3H3,(H,20,21). The van der Waals surface area contributed by atoms with Crippen molar-refractivity contribution >= 4 is 27.5 Å². The van der Waals surface area contributed by atoms with Gasteiger partial charge in [-0.2, -0.15) is 0 Å². The first kappa shape index (κ1) is 16.6. The number of rotatable bonds is 5. The van der Waals surface area contributed by atoms with Crippen LogP contribution in [0.1, 0.15) is 26.3 Å². The van der Waals surface area contributed by atoms with Crippen molar-refractivity contribution in [3.63, 3.8) is 0 Å². The van der Waals surface area contributed by atoms with E-state index >= 15 is 0 Å². The summed E-state index contributed by atoms with van der Waals surface area (Å²) in [4.78, 5) is 12.4. The number of amides is 1. The van der Waals surface area contributed by atoms with E-state index in [1.807, 2.05) is 48.5 Å². The second-order valence-electron chi connectivity index (χ2n) is 5.57. The quantitative estimate of drug-likeness (QED) is 0.829. The molecule has 0 saturated heterocycles. The summed E-state index contributed by atoms with van der Waals surface area (Å²) in [6.07, 6.45) is 0.979. The number of anilines is 1. The molecule has 0 bridgehead atoms. The molecule has 0 fully saturated rings. The van der Waals surface area contributed by atoms with Gasteiger partial charge in [0.2, 0.25) is 0 Å². The average Bonchev–Trinajstić information content (AvgIpc) is 2.50. The van der Waals surface area contributed by atoms with Gasteiger partial charge in [0.05, 0.1) is 0 Å². The maximum absolute atomic E-state index is 12.4. The molecule has 1 N–H and O–H groups in total. The second-order valence-corrected chi connectivity index (χ2v) is 6.49. The van der Waals surface area contributed by atoms with Crippen molar-refractivity contribution in [3.05, 3.63) is 58.6 Å². The number of ether oxygens (including phenoxy) is 1. The number of carbonyl (C=O) groups is 1. The van der Waals surface area contributed by atoms with E-state index in [-0.39, 0.29) is 5.91 Å². The van der Waals surface area contributed by atoms with Crippen LogP contribution < -0.4 is 10.1 Å². The molecule has 0 aliphatic heterocycles. The molecule has 0 spiro atoms. The normalized spacial score (nSPS) is 11.1. The summed E-state index contributed by atoms with van der Waals surface area (Å²) in [5.74, 6) is 0.476. The van der Waals surface area contributed by atoms with Crippen LogP contribution in [0.2, 0.25) is 0 Å². The Labute approximate surface area is 139 Å². The predicted molar refractivity (Wildman–Crippen MR) is 93.3 cm³/mol. The monoisotopic (exact) mass is 361 g/mol. The van der Waals surface area contributed by atoms with Crippen molar-refractivity contribution in [2.45, 2.75) is 32.8 Å². The number of nitrogens with one attached hydrogen (secondary N) is 1. The molecule has 0 saturated carbocycles. The number of aryl methyl sites for hydroxylation is 1. The minimum Gasteiger partial charge on any atom is -0.478 e. The van der Waals surface area contributed by atoms with Gasteiger partial charge in [0.25, 0.3) is 5.91 Å². The zero-order valence-electron chi connectivity index (χ0n) is 13.0. The van der Waals surface area contributed by atoms with Gasteiger partial charge in [-0.15, -0.1) is 0 Å². The van der Waals surface area contributed by atoms with Gasteiger partial charge in [-0.25, -0.2) is 0 Å². The fourth-order valence-corrected chi connectivity index (χ4v) is 2.21. The lowest BCUT2D eigenvalue weighted by Gasteiger charge is -2.25. The van der Waals surface area contributed by atoms with Crippen LogP contribution in [0.4, 0.5) is 5.69 Å². The highest BCUT2D eigenvalue weighted by molar-refractivity contribution is 9.10. The minimum atomic E-state index is -0.961. The van der Waals surface area contributed by atoms with Crippen LogP contribution in [-0.4, -0.2) is 11.5 Å². The molecule has 0 aliphatic carbocycles. The molecule has 116 valence electrons. The van der Waals surface area contributed by atoms with Crippen LogP contribution in [0, 0.1) is 0 Å². The van der Waals surface area contributed by atoms with Gasteiger partial charge in [-0.05, 0) is 62.2 Å².